The molecule has 22 heavy (non-hydrogen) atoms. The summed E-state index contributed by atoms with van der Waals surface area (Å²) >= 11 is 0. The van der Waals surface area contributed by atoms with Gasteiger partial charge in [-0.1, -0.05) is 24.0 Å². The molecule has 108 valence electrons. The topological polar surface area (TPSA) is 8.17 Å². The van der Waals surface area contributed by atoms with Crippen molar-refractivity contribution in [2.24, 2.45) is 0 Å². The van der Waals surface area contributed by atoms with E-state index in [0.29, 0.717) is 0 Å². The first-order valence-corrected chi connectivity index (χ1v) is 7.26. The van der Waals surface area contributed by atoms with Crippen molar-refractivity contribution in [1.82, 2.24) is 4.57 Å². The summed E-state index contributed by atoms with van der Waals surface area (Å²) < 4.78 is 2.08. The maximum atomic E-state index is 3.28. The highest BCUT2D eigenvalue weighted by Crippen LogP contribution is 2.15. The standard InChI is InChI=1S/C20H18N2/c1-21(2)19-13-10-17(11-14-19)9-12-18-7-3-4-8-20(18)22-15-5-6-16-22/h3-8,10-11,13-16H,1-2H3. The molecule has 3 aromatic rings. The minimum absolute atomic E-state index is 1.02. The van der Waals surface area contributed by atoms with Crippen molar-refractivity contribution < 1.29 is 0 Å². The van der Waals surface area contributed by atoms with Crippen LogP contribution in [0.5, 0.6) is 0 Å². The molecule has 0 unspecified atom stereocenters. The van der Waals surface area contributed by atoms with Gasteiger partial charge in [-0.05, 0) is 48.5 Å². The fourth-order valence-electron chi connectivity index (χ4n) is 2.28. The van der Waals surface area contributed by atoms with Crippen LogP contribution in [0.3, 0.4) is 0 Å². The number of rotatable bonds is 2. The molecule has 0 atom stereocenters. The number of aromatic nitrogens is 1. The van der Waals surface area contributed by atoms with Gasteiger partial charge in [-0.25, -0.2) is 0 Å². The van der Waals surface area contributed by atoms with Gasteiger partial charge in [-0.3, -0.25) is 0 Å². The number of hydrogen-bond donors (Lipinski definition) is 0. The van der Waals surface area contributed by atoms with Gasteiger partial charge in [0.05, 0.1) is 5.69 Å². The smallest absolute Gasteiger partial charge is 0.0606 e. The van der Waals surface area contributed by atoms with Crippen LogP contribution in [-0.2, 0) is 0 Å². The van der Waals surface area contributed by atoms with E-state index in [2.05, 4.69) is 57.7 Å². The van der Waals surface area contributed by atoms with Gasteiger partial charge in [0.25, 0.3) is 0 Å². The Morgan fingerprint density at radius 2 is 1.45 bits per heavy atom. The lowest BCUT2D eigenvalue weighted by molar-refractivity contribution is 1.07. The summed E-state index contributed by atoms with van der Waals surface area (Å²) in [7, 11) is 4.07. The van der Waals surface area contributed by atoms with E-state index in [-0.39, 0.29) is 0 Å². The van der Waals surface area contributed by atoms with E-state index >= 15 is 0 Å². The molecule has 0 aliphatic rings. The first kappa shape index (κ1) is 14.0. The van der Waals surface area contributed by atoms with Crippen LogP contribution in [0.1, 0.15) is 11.1 Å². The molecule has 0 aliphatic carbocycles. The Labute approximate surface area is 131 Å². The molecule has 1 aromatic heterocycles. The zero-order valence-corrected chi connectivity index (χ0v) is 12.8. The van der Waals surface area contributed by atoms with E-state index in [0.717, 1.165) is 16.8 Å². The predicted octanol–water partition coefficient (Wildman–Crippen LogP) is 3.94. The first-order valence-electron chi connectivity index (χ1n) is 7.26. The van der Waals surface area contributed by atoms with Crippen LogP contribution in [0.4, 0.5) is 5.69 Å². The van der Waals surface area contributed by atoms with Crippen molar-refractivity contribution in [1.29, 1.82) is 0 Å². The largest absolute Gasteiger partial charge is 0.378 e. The molecule has 1 heterocycles. The highest BCUT2D eigenvalue weighted by Gasteiger charge is 2.00. The minimum atomic E-state index is 1.02. The van der Waals surface area contributed by atoms with Gasteiger partial charge in [0.15, 0.2) is 0 Å². The summed E-state index contributed by atoms with van der Waals surface area (Å²) in [5.41, 5.74) is 4.33. The summed E-state index contributed by atoms with van der Waals surface area (Å²) in [4.78, 5) is 2.08. The zero-order valence-electron chi connectivity index (χ0n) is 12.8. The van der Waals surface area contributed by atoms with Crippen LogP contribution in [0.2, 0.25) is 0 Å². The fourth-order valence-corrected chi connectivity index (χ4v) is 2.28. The zero-order chi connectivity index (χ0) is 15.4. The van der Waals surface area contributed by atoms with Crippen molar-refractivity contribution in [2.45, 2.75) is 0 Å². The molecular weight excluding hydrogens is 268 g/mol. The molecule has 0 aliphatic heterocycles. The van der Waals surface area contributed by atoms with Gasteiger partial charge < -0.3 is 9.47 Å². The molecule has 0 spiro atoms. The van der Waals surface area contributed by atoms with Gasteiger partial charge in [-0.15, -0.1) is 0 Å². The van der Waals surface area contributed by atoms with Gasteiger partial charge in [-0.2, -0.15) is 0 Å². The number of hydrogen-bond acceptors (Lipinski definition) is 1. The van der Waals surface area contributed by atoms with Gasteiger partial charge in [0.1, 0.15) is 0 Å². The molecule has 0 amide bonds. The van der Waals surface area contributed by atoms with Gasteiger partial charge in [0.2, 0.25) is 0 Å². The predicted molar refractivity (Wildman–Crippen MR) is 92.5 cm³/mol. The van der Waals surface area contributed by atoms with Crippen molar-refractivity contribution in [3.8, 4) is 17.5 Å². The molecule has 3 rings (SSSR count). The Morgan fingerprint density at radius 1 is 0.773 bits per heavy atom. The van der Waals surface area contributed by atoms with E-state index in [4.69, 9.17) is 0 Å². The maximum Gasteiger partial charge on any atom is 0.0606 e. The lowest BCUT2D eigenvalue weighted by atomic mass is 10.1. The van der Waals surface area contributed by atoms with Crippen LogP contribution in [0.15, 0.2) is 73.1 Å². The van der Waals surface area contributed by atoms with Crippen LogP contribution < -0.4 is 4.90 Å². The molecule has 0 bridgehead atoms. The third-order valence-corrected chi connectivity index (χ3v) is 3.51. The quantitative estimate of drug-likeness (QED) is 0.648. The Bertz CT molecular complexity index is 801. The molecule has 2 aromatic carbocycles. The highest BCUT2D eigenvalue weighted by atomic mass is 15.1. The van der Waals surface area contributed by atoms with E-state index in [1.165, 1.54) is 5.69 Å². The lowest BCUT2D eigenvalue weighted by Crippen LogP contribution is -2.07. The third kappa shape index (κ3) is 3.05. The first-order chi connectivity index (χ1) is 10.7. The summed E-state index contributed by atoms with van der Waals surface area (Å²) in [5, 5.41) is 0. The van der Waals surface area contributed by atoms with Crippen molar-refractivity contribution in [3.05, 3.63) is 84.2 Å². The van der Waals surface area contributed by atoms with E-state index in [1.54, 1.807) is 0 Å². The fraction of sp³-hybridized carbons (Fsp3) is 0.100. The third-order valence-electron chi connectivity index (χ3n) is 3.51. The minimum Gasteiger partial charge on any atom is -0.378 e. The van der Waals surface area contributed by atoms with Gasteiger partial charge >= 0.3 is 0 Å². The Morgan fingerprint density at radius 3 is 2.14 bits per heavy atom. The number of anilines is 1. The summed E-state index contributed by atoms with van der Waals surface area (Å²) in [6, 6.07) is 20.5. The van der Waals surface area contributed by atoms with Crippen molar-refractivity contribution in [2.75, 3.05) is 19.0 Å². The van der Waals surface area contributed by atoms with E-state index in [1.807, 2.05) is 50.8 Å². The molecule has 0 saturated carbocycles. The average Bonchev–Trinajstić information content (AvgIpc) is 3.08. The summed E-state index contributed by atoms with van der Waals surface area (Å²) in [6.07, 6.45) is 4.07. The maximum absolute atomic E-state index is 3.28. The normalized spacial score (nSPS) is 9.91. The Kier molecular flexibility index (Phi) is 3.98. The molecule has 0 radical (unpaired) electrons. The van der Waals surface area contributed by atoms with Crippen LogP contribution in [0, 0.1) is 11.8 Å². The Balaban J connectivity index is 1.91. The molecule has 0 fully saturated rings. The molecule has 2 nitrogen and oxygen atoms in total. The monoisotopic (exact) mass is 286 g/mol. The number of nitrogens with zero attached hydrogens (tertiary/aromatic N) is 2. The average molecular weight is 286 g/mol. The highest BCUT2D eigenvalue weighted by molar-refractivity contribution is 5.55. The second-order valence-electron chi connectivity index (χ2n) is 5.30. The van der Waals surface area contributed by atoms with E-state index in [9.17, 15) is 0 Å². The second-order valence-corrected chi connectivity index (χ2v) is 5.30. The number of benzene rings is 2. The lowest BCUT2D eigenvalue weighted by Gasteiger charge is -2.11. The van der Waals surface area contributed by atoms with Crippen LogP contribution in [-0.4, -0.2) is 18.7 Å². The number of para-hydroxylation sites is 1. The molecule has 2 heteroatoms. The van der Waals surface area contributed by atoms with Crippen molar-refractivity contribution in [3.63, 3.8) is 0 Å². The molecular formula is C20H18N2. The van der Waals surface area contributed by atoms with E-state index < -0.39 is 0 Å². The Hall–Kier alpha value is -2.92. The SMILES string of the molecule is CN(C)c1ccc(C#Cc2ccccc2-n2cccc2)cc1. The summed E-state index contributed by atoms with van der Waals surface area (Å²) in [5.74, 6) is 6.53. The van der Waals surface area contributed by atoms with Crippen molar-refractivity contribution >= 4 is 5.69 Å². The molecule has 0 N–H and O–H groups in total. The molecule has 0 saturated heterocycles. The van der Waals surface area contributed by atoms with Crippen LogP contribution >= 0.6 is 0 Å². The summed E-state index contributed by atoms with van der Waals surface area (Å²) in [6.45, 7) is 0. The second kappa shape index (κ2) is 6.24. The van der Waals surface area contributed by atoms with Crippen LogP contribution in [0.25, 0.3) is 5.69 Å². The van der Waals surface area contributed by atoms with Gasteiger partial charge in [0, 0.05) is 43.3 Å².